The number of methoxy groups -OCH3 is 1. The largest absolute Gasteiger partial charge is 0.486 e. The van der Waals surface area contributed by atoms with Gasteiger partial charge in [0, 0.05) is 13.0 Å². The van der Waals surface area contributed by atoms with E-state index in [1.54, 1.807) is 4.90 Å². The van der Waals surface area contributed by atoms with Gasteiger partial charge in [0.1, 0.15) is 13.2 Å². The van der Waals surface area contributed by atoms with Crippen LogP contribution in [0.4, 0.5) is 0 Å². The molecular formula is C21H21NO5. The van der Waals surface area contributed by atoms with Crippen molar-refractivity contribution in [1.82, 2.24) is 4.90 Å². The predicted molar refractivity (Wildman–Crippen MR) is 97.3 cm³/mol. The van der Waals surface area contributed by atoms with Gasteiger partial charge in [0.2, 0.25) is 5.91 Å². The number of benzene rings is 2. The fraction of sp³-hybridized carbons (Fsp3) is 0.333. The lowest BCUT2D eigenvalue weighted by Gasteiger charge is -2.29. The molecule has 0 saturated carbocycles. The van der Waals surface area contributed by atoms with Crippen molar-refractivity contribution in [3.8, 4) is 11.5 Å². The highest BCUT2D eigenvalue weighted by Crippen LogP contribution is 2.42. The number of hydrogen-bond donors (Lipinski definition) is 0. The summed E-state index contributed by atoms with van der Waals surface area (Å²) >= 11 is 0. The average Bonchev–Trinajstić information content (AvgIpc) is 3.04. The van der Waals surface area contributed by atoms with E-state index in [1.165, 1.54) is 7.11 Å². The molecule has 0 aromatic heterocycles. The molecule has 140 valence electrons. The zero-order chi connectivity index (χ0) is 18.8. The van der Waals surface area contributed by atoms with E-state index in [2.05, 4.69) is 0 Å². The van der Waals surface area contributed by atoms with Gasteiger partial charge in [0.05, 0.1) is 19.1 Å². The second-order valence-corrected chi connectivity index (χ2v) is 6.69. The predicted octanol–water partition coefficient (Wildman–Crippen LogP) is 2.72. The molecule has 1 saturated heterocycles. The minimum atomic E-state index is -0.547. The molecule has 0 radical (unpaired) electrons. The van der Waals surface area contributed by atoms with Crippen LogP contribution in [0.15, 0.2) is 48.5 Å². The Balaban J connectivity index is 1.71. The number of ether oxygens (including phenoxy) is 3. The molecule has 1 unspecified atom stereocenters. The maximum Gasteiger partial charge on any atom is 0.311 e. The second-order valence-electron chi connectivity index (χ2n) is 6.69. The van der Waals surface area contributed by atoms with Crippen molar-refractivity contribution in [3.05, 3.63) is 59.7 Å². The normalized spacial score (nSPS) is 21.2. The highest BCUT2D eigenvalue weighted by Gasteiger charge is 2.45. The summed E-state index contributed by atoms with van der Waals surface area (Å²) in [6, 6.07) is 14.9. The SMILES string of the molecule is COC(=O)C1CC(=O)N(Cc2ccccc2)[C@@H]1c1ccc2c(c1)OCCO2. The first kappa shape index (κ1) is 17.4. The average molecular weight is 367 g/mol. The molecule has 27 heavy (non-hydrogen) atoms. The van der Waals surface area contributed by atoms with Crippen LogP contribution in [-0.4, -0.2) is 37.1 Å². The number of fused-ring (bicyclic) bond motifs is 1. The van der Waals surface area contributed by atoms with E-state index >= 15 is 0 Å². The molecule has 0 N–H and O–H groups in total. The first-order valence-electron chi connectivity index (χ1n) is 8.98. The molecule has 2 aromatic rings. The molecule has 6 heteroatoms. The standard InChI is InChI=1S/C21H21NO5/c1-25-21(24)16-12-19(23)22(13-14-5-3-2-4-6-14)20(16)15-7-8-17-18(11-15)27-10-9-26-17/h2-8,11,16,20H,9-10,12-13H2,1H3/t16?,20-/m1/s1. The summed E-state index contributed by atoms with van der Waals surface area (Å²) < 4.78 is 16.2. The topological polar surface area (TPSA) is 65.1 Å². The molecule has 6 nitrogen and oxygen atoms in total. The third kappa shape index (κ3) is 3.35. The van der Waals surface area contributed by atoms with Crippen LogP contribution in [0.5, 0.6) is 11.5 Å². The Morgan fingerprint density at radius 2 is 1.85 bits per heavy atom. The molecule has 0 bridgehead atoms. The van der Waals surface area contributed by atoms with Gasteiger partial charge in [-0.1, -0.05) is 36.4 Å². The third-order valence-electron chi connectivity index (χ3n) is 5.04. The van der Waals surface area contributed by atoms with Gasteiger partial charge < -0.3 is 19.1 Å². The van der Waals surface area contributed by atoms with E-state index < -0.39 is 12.0 Å². The first-order valence-corrected chi connectivity index (χ1v) is 8.98. The molecule has 0 aliphatic carbocycles. The van der Waals surface area contributed by atoms with Crippen molar-refractivity contribution in [2.24, 2.45) is 5.92 Å². The summed E-state index contributed by atoms with van der Waals surface area (Å²) in [6.45, 7) is 1.43. The fourth-order valence-corrected chi connectivity index (χ4v) is 3.78. The van der Waals surface area contributed by atoms with Crippen LogP contribution in [-0.2, 0) is 20.9 Å². The Morgan fingerprint density at radius 3 is 2.59 bits per heavy atom. The van der Waals surface area contributed by atoms with Crippen LogP contribution < -0.4 is 9.47 Å². The maximum absolute atomic E-state index is 12.7. The van der Waals surface area contributed by atoms with Crippen molar-refractivity contribution in [2.45, 2.75) is 19.0 Å². The number of likely N-dealkylation sites (tertiary alicyclic amines) is 1. The minimum absolute atomic E-state index is 0.0610. The Morgan fingerprint density at radius 1 is 1.11 bits per heavy atom. The number of esters is 1. The van der Waals surface area contributed by atoms with Gasteiger partial charge in [-0.25, -0.2) is 0 Å². The van der Waals surface area contributed by atoms with E-state index in [9.17, 15) is 9.59 Å². The van der Waals surface area contributed by atoms with Gasteiger partial charge >= 0.3 is 5.97 Å². The van der Waals surface area contributed by atoms with Crippen LogP contribution >= 0.6 is 0 Å². The van der Waals surface area contributed by atoms with E-state index in [4.69, 9.17) is 14.2 Å². The zero-order valence-corrected chi connectivity index (χ0v) is 15.1. The van der Waals surface area contributed by atoms with Gasteiger partial charge in [-0.3, -0.25) is 9.59 Å². The van der Waals surface area contributed by atoms with Crippen molar-refractivity contribution >= 4 is 11.9 Å². The molecule has 4 rings (SSSR count). The molecular weight excluding hydrogens is 346 g/mol. The number of hydrogen-bond acceptors (Lipinski definition) is 5. The number of carbonyl (C=O) groups excluding carboxylic acids is 2. The minimum Gasteiger partial charge on any atom is -0.486 e. The van der Waals surface area contributed by atoms with Crippen molar-refractivity contribution in [1.29, 1.82) is 0 Å². The first-order chi connectivity index (χ1) is 13.2. The van der Waals surface area contributed by atoms with E-state index in [0.717, 1.165) is 11.1 Å². The highest BCUT2D eigenvalue weighted by atomic mass is 16.6. The summed E-state index contributed by atoms with van der Waals surface area (Å²) in [6.07, 6.45) is 0.138. The monoisotopic (exact) mass is 367 g/mol. The fourth-order valence-electron chi connectivity index (χ4n) is 3.78. The van der Waals surface area contributed by atoms with Gasteiger partial charge in [-0.2, -0.15) is 0 Å². The number of amides is 1. The summed E-state index contributed by atoms with van der Waals surface area (Å²) in [7, 11) is 1.35. The van der Waals surface area contributed by atoms with Gasteiger partial charge in [-0.15, -0.1) is 0 Å². The molecule has 2 aliphatic heterocycles. The van der Waals surface area contributed by atoms with Gasteiger partial charge in [0.15, 0.2) is 11.5 Å². The number of nitrogens with zero attached hydrogens (tertiary/aromatic N) is 1. The lowest BCUT2D eigenvalue weighted by molar-refractivity contribution is -0.146. The number of carbonyl (C=O) groups is 2. The van der Waals surface area contributed by atoms with E-state index in [0.29, 0.717) is 31.3 Å². The number of rotatable bonds is 4. The summed E-state index contributed by atoms with van der Waals surface area (Å²) in [4.78, 5) is 26.9. The molecule has 2 aromatic carbocycles. The second kappa shape index (κ2) is 7.31. The Hall–Kier alpha value is -3.02. The van der Waals surface area contributed by atoms with Gasteiger partial charge in [0.25, 0.3) is 0 Å². The molecule has 0 spiro atoms. The molecule has 2 heterocycles. The van der Waals surface area contributed by atoms with Crippen LogP contribution in [0.2, 0.25) is 0 Å². The van der Waals surface area contributed by atoms with Crippen LogP contribution in [0.1, 0.15) is 23.6 Å². The summed E-state index contributed by atoms with van der Waals surface area (Å²) in [5.41, 5.74) is 1.86. The van der Waals surface area contributed by atoms with E-state index in [-0.39, 0.29) is 18.3 Å². The zero-order valence-electron chi connectivity index (χ0n) is 15.1. The Bertz CT molecular complexity index is 851. The molecule has 1 fully saturated rings. The van der Waals surface area contributed by atoms with Crippen LogP contribution in [0.25, 0.3) is 0 Å². The van der Waals surface area contributed by atoms with Crippen molar-refractivity contribution < 1.29 is 23.8 Å². The quantitative estimate of drug-likeness (QED) is 0.778. The van der Waals surface area contributed by atoms with Crippen LogP contribution in [0, 0.1) is 5.92 Å². The molecule has 2 atom stereocenters. The van der Waals surface area contributed by atoms with Gasteiger partial charge in [-0.05, 0) is 23.3 Å². The Labute approximate surface area is 157 Å². The summed E-state index contributed by atoms with van der Waals surface area (Å²) in [5.74, 6) is 0.335. The Kier molecular flexibility index (Phi) is 4.71. The molecule has 1 amide bonds. The van der Waals surface area contributed by atoms with Crippen molar-refractivity contribution in [2.75, 3.05) is 20.3 Å². The molecule has 2 aliphatic rings. The smallest absolute Gasteiger partial charge is 0.311 e. The lowest BCUT2D eigenvalue weighted by atomic mass is 9.93. The lowest BCUT2D eigenvalue weighted by Crippen LogP contribution is -2.30. The maximum atomic E-state index is 12.7. The third-order valence-corrected chi connectivity index (χ3v) is 5.04. The van der Waals surface area contributed by atoms with E-state index in [1.807, 2.05) is 48.5 Å². The highest BCUT2D eigenvalue weighted by molar-refractivity contribution is 5.88. The summed E-state index contributed by atoms with van der Waals surface area (Å²) in [5, 5.41) is 0. The van der Waals surface area contributed by atoms with Crippen molar-refractivity contribution in [3.63, 3.8) is 0 Å². The van der Waals surface area contributed by atoms with Crippen LogP contribution in [0.3, 0.4) is 0 Å².